The van der Waals surface area contributed by atoms with E-state index in [9.17, 15) is 18.0 Å². The number of hydrogen-bond acceptors (Lipinski definition) is 3. The van der Waals surface area contributed by atoms with Crippen LogP contribution in [0.3, 0.4) is 0 Å². The van der Waals surface area contributed by atoms with Gasteiger partial charge in [0.25, 0.3) is 5.91 Å². The van der Waals surface area contributed by atoms with E-state index in [1.165, 1.54) is 24.1 Å². The molecule has 0 atom stereocenters. The molecule has 1 amide bonds. The molecule has 4 nitrogen and oxygen atoms in total. The molecule has 2 aromatic rings. The molecule has 1 aliphatic rings. The molecule has 1 heterocycles. The number of nitrogens with zero attached hydrogens (tertiary/aromatic N) is 1. The smallest absolute Gasteiger partial charge is 0.416 e. The Bertz CT molecular complexity index is 1050. The van der Waals surface area contributed by atoms with Gasteiger partial charge >= 0.3 is 6.18 Å². The standard InChI is InChI=1S/C26H32F3NO3Si/c1-16(2)34(17(3)4,18(5)6)15-24-25(31)30(20-10-8-19(9-11-20)26(27,28)29)22-14-21(32-7)12-13-23(22)33-24/h8-18H,1-7H3/b24-15-. The number of carbonyl (C=O) groups is 1. The summed E-state index contributed by atoms with van der Waals surface area (Å²) < 4.78 is 50.9. The van der Waals surface area contributed by atoms with Gasteiger partial charge in [0.15, 0.2) is 11.5 Å². The van der Waals surface area contributed by atoms with E-state index < -0.39 is 25.7 Å². The highest BCUT2D eigenvalue weighted by atomic mass is 28.3. The summed E-state index contributed by atoms with van der Waals surface area (Å²) in [5.74, 6) is 0.778. The fourth-order valence-electron chi connectivity index (χ4n) is 5.14. The molecule has 0 saturated carbocycles. The van der Waals surface area contributed by atoms with Crippen LogP contribution in [0.1, 0.15) is 47.1 Å². The van der Waals surface area contributed by atoms with Crippen LogP contribution in [0.25, 0.3) is 0 Å². The van der Waals surface area contributed by atoms with Crippen LogP contribution in [0.5, 0.6) is 11.5 Å². The van der Waals surface area contributed by atoms with Crippen LogP contribution in [0.2, 0.25) is 16.6 Å². The summed E-state index contributed by atoms with van der Waals surface area (Å²) in [7, 11) is -0.659. The highest BCUT2D eigenvalue weighted by molar-refractivity contribution is 6.88. The molecule has 0 fully saturated rings. The Balaban J connectivity index is 2.21. The van der Waals surface area contributed by atoms with E-state index in [0.29, 0.717) is 39.5 Å². The minimum atomic E-state index is -4.46. The Labute approximate surface area is 200 Å². The van der Waals surface area contributed by atoms with Gasteiger partial charge in [-0.05, 0) is 58.7 Å². The van der Waals surface area contributed by atoms with E-state index in [1.807, 2.05) is 0 Å². The third-order valence-electron chi connectivity index (χ3n) is 6.87. The van der Waals surface area contributed by atoms with Crippen molar-refractivity contribution in [3.8, 4) is 11.5 Å². The number of fused-ring (bicyclic) bond motifs is 1. The SMILES string of the molecule is COc1ccc2c(c1)N(c1ccc(C(F)(F)F)cc1)C(=O)/C(=C/[Si](C(C)C)(C(C)C)C(C)C)O2. The molecule has 184 valence electrons. The maximum atomic E-state index is 13.8. The molecular weight excluding hydrogens is 459 g/mol. The molecule has 0 aliphatic carbocycles. The predicted molar refractivity (Wildman–Crippen MR) is 131 cm³/mol. The van der Waals surface area contributed by atoms with Crippen molar-refractivity contribution in [3.63, 3.8) is 0 Å². The summed E-state index contributed by atoms with van der Waals surface area (Å²) in [5.41, 5.74) is 3.10. The first-order chi connectivity index (χ1) is 15.8. The molecule has 0 saturated heterocycles. The van der Waals surface area contributed by atoms with Crippen LogP contribution < -0.4 is 14.4 Å². The molecule has 0 N–H and O–H groups in total. The molecule has 34 heavy (non-hydrogen) atoms. The number of rotatable bonds is 6. The van der Waals surface area contributed by atoms with Gasteiger partial charge in [-0.25, -0.2) is 0 Å². The molecule has 0 unspecified atom stereocenters. The normalized spacial score (nSPS) is 15.9. The quantitative estimate of drug-likeness (QED) is 0.305. The lowest BCUT2D eigenvalue weighted by Gasteiger charge is -2.41. The Kier molecular flexibility index (Phi) is 7.22. The Morgan fingerprint density at radius 3 is 1.97 bits per heavy atom. The Hall–Kier alpha value is -2.74. The van der Waals surface area contributed by atoms with Gasteiger partial charge in [0.2, 0.25) is 0 Å². The van der Waals surface area contributed by atoms with Crippen molar-refractivity contribution in [1.29, 1.82) is 0 Å². The Morgan fingerprint density at radius 2 is 1.50 bits per heavy atom. The topological polar surface area (TPSA) is 38.8 Å². The van der Waals surface area contributed by atoms with Crippen molar-refractivity contribution in [2.24, 2.45) is 0 Å². The van der Waals surface area contributed by atoms with Crippen LogP contribution >= 0.6 is 0 Å². The maximum Gasteiger partial charge on any atom is 0.416 e. The highest BCUT2D eigenvalue weighted by Crippen LogP contribution is 2.47. The zero-order chi connectivity index (χ0) is 25.4. The zero-order valence-electron chi connectivity index (χ0n) is 20.7. The van der Waals surface area contributed by atoms with Crippen LogP contribution in [0.15, 0.2) is 53.9 Å². The predicted octanol–water partition coefficient (Wildman–Crippen LogP) is 7.87. The van der Waals surface area contributed by atoms with E-state index >= 15 is 0 Å². The van der Waals surface area contributed by atoms with Gasteiger partial charge in [0.05, 0.1) is 26.4 Å². The van der Waals surface area contributed by atoms with Gasteiger partial charge in [0, 0.05) is 11.8 Å². The van der Waals surface area contributed by atoms with Gasteiger partial charge in [-0.2, -0.15) is 13.2 Å². The number of anilines is 2. The van der Waals surface area contributed by atoms with Crippen molar-refractivity contribution in [1.82, 2.24) is 0 Å². The molecule has 0 spiro atoms. The monoisotopic (exact) mass is 491 g/mol. The van der Waals surface area contributed by atoms with Crippen LogP contribution in [-0.2, 0) is 11.0 Å². The van der Waals surface area contributed by atoms with E-state index in [0.717, 1.165) is 12.1 Å². The first-order valence-electron chi connectivity index (χ1n) is 11.4. The summed E-state index contributed by atoms with van der Waals surface area (Å²) in [6.45, 7) is 13.1. The number of amides is 1. The van der Waals surface area contributed by atoms with E-state index in [4.69, 9.17) is 9.47 Å². The molecule has 0 bridgehead atoms. The number of benzene rings is 2. The van der Waals surface area contributed by atoms with Crippen molar-refractivity contribution < 1.29 is 27.4 Å². The largest absolute Gasteiger partial charge is 0.497 e. The molecule has 2 aromatic carbocycles. The van der Waals surface area contributed by atoms with Crippen LogP contribution in [0.4, 0.5) is 24.5 Å². The summed E-state index contributed by atoms with van der Waals surface area (Å²) in [5, 5.41) is 0. The molecule has 1 aliphatic heterocycles. The van der Waals surface area contributed by atoms with E-state index in [1.54, 1.807) is 18.2 Å². The van der Waals surface area contributed by atoms with Gasteiger partial charge in [0.1, 0.15) is 5.75 Å². The van der Waals surface area contributed by atoms with Gasteiger partial charge in [-0.1, -0.05) is 41.5 Å². The third kappa shape index (κ3) is 4.60. The van der Waals surface area contributed by atoms with Crippen LogP contribution in [0, 0.1) is 0 Å². The molecule has 8 heteroatoms. The second kappa shape index (κ2) is 9.48. The molecule has 0 radical (unpaired) electrons. The first-order valence-corrected chi connectivity index (χ1v) is 13.7. The van der Waals surface area contributed by atoms with E-state index in [-0.39, 0.29) is 5.76 Å². The average Bonchev–Trinajstić information content (AvgIpc) is 2.76. The number of ether oxygens (including phenoxy) is 2. The lowest BCUT2D eigenvalue weighted by molar-refractivity contribution is -0.137. The summed E-state index contributed by atoms with van der Waals surface area (Å²) in [6.07, 6.45) is -4.46. The summed E-state index contributed by atoms with van der Waals surface area (Å²) in [6, 6.07) is 9.69. The number of halogens is 3. The fraction of sp³-hybridized carbons (Fsp3) is 0.423. The minimum absolute atomic E-state index is 0.223. The third-order valence-corrected chi connectivity index (χ3v) is 13.6. The van der Waals surface area contributed by atoms with Crippen molar-refractivity contribution in [3.05, 3.63) is 59.5 Å². The number of carbonyl (C=O) groups excluding carboxylic acids is 1. The average molecular weight is 492 g/mol. The zero-order valence-corrected chi connectivity index (χ0v) is 21.7. The Morgan fingerprint density at radius 1 is 0.941 bits per heavy atom. The summed E-state index contributed by atoms with van der Waals surface area (Å²) in [4.78, 5) is 15.2. The minimum Gasteiger partial charge on any atom is -0.497 e. The van der Waals surface area contributed by atoms with Crippen molar-refractivity contribution in [2.75, 3.05) is 12.0 Å². The highest BCUT2D eigenvalue weighted by Gasteiger charge is 2.44. The van der Waals surface area contributed by atoms with Crippen molar-refractivity contribution >= 4 is 25.4 Å². The number of alkyl halides is 3. The second-order valence-corrected chi connectivity index (χ2v) is 15.3. The van der Waals surface area contributed by atoms with Gasteiger partial charge in [-0.3, -0.25) is 9.69 Å². The first kappa shape index (κ1) is 25.9. The number of methoxy groups -OCH3 is 1. The van der Waals surface area contributed by atoms with E-state index in [2.05, 4.69) is 47.2 Å². The fourth-order valence-corrected chi connectivity index (χ4v) is 10.8. The molecule has 0 aromatic heterocycles. The summed E-state index contributed by atoms with van der Waals surface area (Å²) >= 11 is 0. The lowest BCUT2D eigenvalue weighted by Crippen LogP contribution is -2.45. The molecule has 3 rings (SSSR count). The van der Waals surface area contributed by atoms with Crippen LogP contribution in [-0.4, -0.2) is 21.1 Å². The second-order valence-electron chi connectivity index (χ2n) is 9.59. The molecular formula is C26H32F3NO3Si. The van der Waals surface area contributed by atoms with Gasteiger partial charge < -0.3 is 9.47 Å². The maximum absolute atomic E-state index is 13.8. The van der Waals surface area contributed by atoms with Gasteiger partial charge in [-0.15, -0.1) is 0 Å². The number of hydrogen-bond donors (Lipinski definition) is 0. The van der Waals surface area contributed by atoms with Crippen molar-refractivity contribution in [2.45, 2.75) is 64.3 Å². The lowest BCUT2D eigenvalue weighted by atomic mass is 10.1.